The summed E-state index contributed by atoms with van der Waals surface area (Å²) in [5.41, 5.74) is 4.03. The van der Waals surface area contributed by atoms with Gasteiger partial charge in [0.05, 0.1) is 24.7 Å². The summed E-state index contributed by atoms with van der Waals surface area (Å²) in [6, 6.07) is 16.1. The van der Waals surface area contributed by atoms with Crippen LogP contribution in [0.5, 0.6) is 5.75 Å². The van der Waals surface area contributed by atoms with Crippen LogP contribution in [0, 0.1) is 0 Å². The quantitative estimate of drug-likeness (QED) is 0.644. The third-order valence-electron chi connectivity index (χ3n) is 5.81. The topological polar surface area (TPSA) is 50.6 Å². The van der Waals surface area contributed by atoms with Crippen molar-refractivity contribution < 1.29 is 9.53 Å². The molecule has 3 heterocycles. The van der Waals surface area contributed by atoms with Gasteiger partial charge in [-0.25, -0.2) is 9.78 Å². The lowest BCUT2D eigenvalue weighted by Gasteiger charge is -2.36. The number of rotatable bonds is 2. The van der Waals surface area contributed by atoms with Gasteiger partial charge in [0.1, 0.15) is 18.2 Å². The molecule has 0 spiro atoms. The van der Waals surface area contributed by atoms with Crippen molar-refractivity contribution in [3.8, 4) is 28.4 Å². The Labute approximate surface area is 170 Å². The largest absolute Gasteiger partial charge is 0.497 e. The van der Waals surface area contributed by atoms with Crippen LogP contribution in [0.2, 0.25) is 0 Å². The van der Waals surface area contributed by atoms with E-state index in [0.29, 0.717) is 6.67 Å². The van der Waals surface area contributed by atoms with Gasteiger partial charge in [-0.15, -0.1) is 0 Å². The summed E-state index contributed by atoms with van der Waals surface area (Å²) in [7, 11) is 1.66. The number of carbonyl (C=O) groups is 1. The number of carbonyl (C=O) groups excluding carboxylic acids is 1. The molecule has 1 aromatic heterocycles. The highest BCUT2D eigenvalue weighted by Crippen LogP contribution is 2.39. The number of urea groups is 1. The number of nitrogens with zero attached hydrogens (tertiary/aromatic N) is 4. The van der Waals surface area contributed by atoms with Gasteiger partial charge in [0, 0.05) is 24.2 Å². The number of piperidine rings is 1. The summed E-state index contributed by atoms with van der Waals surface area (Å²) in [5, 5.41) is 0. The van der Waals surface area contributed by atoms with Gasteiger partial charge in [0.15, 0.2) is 0 Å². The summed E-state index contributed by atoms with van der Waals surface area (Å²) in [6.45, 7) is 2.13. The van der Waals surface area contributed by atoms with Gasteiger partial charge in [-0.05, 0) is 49.6 Å². The molecule has 0 atom stereocenters. The second kappa shape index (κ2) is 7.28. The lowest BCUT2D eigenvalue weighted by molar-refractivity contribution is 0.191. The van der Waals surface area contributed by atoms with Gasteiger partial charge < -0.3 is 14.2 Å². The first-order valence-corrected chi connectivity index (χ1v) is 10.1. The fraction of sp³-hybridized carbons (Fsp3) is 0.304. The molecule has 1 fully saturated rings. The van der Waals surface area contributed by atoms with Crippen molar-refractivity contribution in [1.82, 2.24) is 14.5 Å². The number of imidazole rings is 1. The summed E-state index contributed by atoms with van der Waals surface area (Å²) < 4.78 is 7.41. The number of likely N-dealkylation sites (tertiary alicyclic amines) is 1. The predicted octanol–water partition coefficient (Wildman–Crippen LogP) is 4.61. The first kappa shape index (κ1) is 17.8. The fourth-order valence-electron chi connectivity index (χ4n) is 4.27. The van der Waals surface area contributed by atoms with Crippen LogP contribution in [0.3, 0.4) is 0 Å². The molecule has 3 aromatic rings. The number of fused-ring (bicyclic) bond motifs is 3. The highest BCUT2D eigenvalue weighted by molar-refractivity contribution is 5.97. The van der Waals surface area contributed by atoms with E-state index in [2.05, 4.69) is 10.6 Å². The molecule has 2 amide bonds. The number of amides is 2. The van der Waals surface area contributed by atoms with Gasteiger partial charge in [-0.1, -0.05) is 18.2 Å². The minimum absolute atomic E-state index is 0.0807. The number of ether oxygens (including phenoxy) is 1. The van der Waals surface area contributed by atoms with Crippen molar-refractivity contribution >= 4 is 11.7 Å². The van der Waals surface area contributed by atoms with Crippen molar-refractivity contribution in [2.24, 2.45) is 0 Å². The summed E-state index contributed by atoms with van der Waals surface area (Å²) >= 11 is 0. The Morgan fingerprint density at radius 1 is 1.00 bits per heavy atom. The van der Waals surface area contributed by atoms with E-state index in [1.54, 1.807) is 7.11 Å². The van der Waals surface area contributed by atoms with Crippen molar-refractivity contribution in [1.29, 1.82) is 0 Å². The van der Waals surface area contributed by atoms with Crippen LogP contribution in [0.1, 0.15) is 19.3 Å². The van der Waals surface area contributed by atoms with Crippen LogP contribution in [-0.4, -0.2) is 40.7 Å². The molecular formula is C23H24N4O2. The first-order chi connectivity index (χ1) is 14.3. The van der Waals surface area contributed by atoms with Crippen LogP contribution in [0.25, 0.3) is 22.6 Å². The average molecular weight is 388 g/mol. The van der Waals surface area contributed by atoms with E-state index < -0.39 is 0 Å². The molecule has 5 rings (SSSR count). The maximum Gasteiger partial charge on any atom is 0.326 e. The molecule has 0 radical (unpaired) electrons. The molecule has 2 aliphatic rings. The Balaban J connectivity index is 1.56. The molecule has 6 heteroatoms. The first-order valence-electron chi connectivity index (χ1n) is 10.1. The van der Waals surface area contributed by atoms with Crippen molar-refractivity contribution in [3.63, 3.8) is 0 Å². The third kappa shape index (κ3) is 3.05. The van der Waals surface area contributed by atoms with E-state index in [9.17, 15) is 4.79 Å². The van der Waals surface area contributed by atoms with Gasteiger partial charge in [0.2, 0.25) is 0 Å². The van der Waals surface area contributed by atoms with E-state index in [-0.39, 0.29) is 6.03 Å². The lowest BCUT2D eigenvalue weighted by atomic mass is 10.1. The minimum Gasteiger partial charge on any atom is -0.497 e. The normalized spacial score (nSPS) is 15.6. The van der Waals surface area contributed by atoms with Crippen LogP contribution < -0.4 is 9.64 Å². The van der Waals surface area contributed by atoms with Crippen LogP contribution >= 0.6 is 0 Å². The van der Waals surface area contributed by atoms with E-state index in [1.165, 1.54) is 6.42 Å². The Bertz CT molecular complexity index is 1040. The van der Waals surface area contributed by atoms with Gasteiger partial charge in [-0.2, -0.15) is 0 Å². The number of methoxy groups -OCH3 is 1. The summed E-state index contributed by atoms with van der Waals surface area (Å²) in [6.07, 6.45) is 5.26. The van der Waals surface area contributed by atoms with Crippen molar-refractivity contribution in [3.05, 3.63) is 54.7 Å². The maximum atomic E-state index is 13.4. The molecule has 6 nitrogen and oxygen atoms in total. The van der Waals surface area contributed by atoms with Gasteiger partial charge in [-0.3, -0.25) is 4.90 Å². The molecular weight excluding hydrogens is 364 g/mol. The number of para-hydroxylation sites is 1. The third-order valence-corrected chi connectivity index (χ3v) is 5.81. The molecule has 0 bridgehead atoms. The zero-order valence-electron chi connectivity index (χ0n) is 16.5. The fourth-order valence-corrected chi connectivity index (χ4v) is 4.27. The zero-order chi connectivity index (χ0) is 19.8. The summed E-state index contributed by atoms with van der Waals surface area (Å²) in [4.78, 5) is 22.0. The molecule has 148 valence electrons. The molecule has 0 unspecified atom stereocenters. The van der Waals surface area contributed by atoms with Gasteiger partial charge in [0.25, 0.3) is 0 Å². The minimum atomic E-state index is 0.0807. The van der Waals surface area contributed by atoms with E-state index in [4.69, 9.17) is 9.72 Å². The number of aromatic nitrogens is 2. The standard InChI is InChI=1S/C23H24N4O2/c1-29-18-11-9-17(10-12-18)22-24-15-21-19-7-3-4-8-20(19)27(16-26(21)22)23(28)25-13-5-2-6-14-25/h3-4,7-12,15H,2,5-6,13-14,16H2,1H3. The van der Waals surface area contributed by atoms with Crippen molar-refractivity contribution in [2.45, 2.75) is 25.9 Å². The Morgan fingerprint density at radius 3 is 2.52 bits per heavy atom. The van der Waals surface area contributed by atoms with Gasteiger partial charge >= 0.3 is 6.03 Å². The lowest BCUT2D eigenvalue weighted by Crippen LogP contribution is -2.47. The van der Waals surface area contributed by atoms with Crippen molar-refractivity contribution in [2.75, 3.05) is 25.1 Å². The second-order valence-electron chi connectivity index (χ2n) is 7.54. The number of hydrogen-bond acceptors (Lipinski definition) is 3. The molecule has 0 N–H and O–H groups in total. The molecule has 2 aliphatic heterocycles. The Hall–Kier alpha value is -3.28. The molecule has 1 saturated heterocycles. The van der Waals surface area contributed by atoms with Crippen LogP contribution in [-0.2, 0) is 6.67 Å². The van der Waals surface area contributed by atoms with E-state index in [1.807, 2.05) is 58.5 Å². The number of benzene rings is 2. The second-order valence-corrected chi connectivity index (χ2v) is 7.54. The predicted molar refractivity (Wildman–Crippen MR) is 113 cm³/mol. The molecule has 29 heavy (non-hydrogen) atoms. The monoisotopic (exact) mass is 388 g/mol. The molecule has 2 aromatic carbocycles. The molecule has 0 aliphatic carbocycles. The molecule has 0 saturated carbocycles. The zero-order valence-corrected chi connectivity index (χ0v) is 16.5. The van der Waals surface area contributed by atoms with Crippen LogP contribution in [0.15, 0.2) is 54.7 Å². The Kier molecular flexibility index (Phi) is 4.46. The number of anilines is 1. The maximum absolute atomic E-state index is 13.4. The summed E-state index contributed by atoms with van der Waals surface area (Å²) in [5.74, 6) is 1.67. The smallest absolute Gasteiger partial charge is 0.326 e. The SMILES string of the molecule is COc1ccc(-c2ncc3n2CN(C(=O)N2CCCCC2)c2ccccc2-3)cc1. The average Bonchev–Trinajstić information content (AvgIpc) is 3.23. The number of hydrogen-bond donors (Lipinski definition) is 0. The highest BCUT2D eigenvalue weighted by atomic mass is 16.5. The Morgan fingerprint density at radius 2 is 1.76 bits per heavy atom. The van der Waals surface area contributed by atoms with E-state index >= 15 is 0 Å². The highest BCUT2D eigenvalue weighted by Gasteiger charge is 2.31. The van der Waals surface area contributed by atoms with Crippen LogP contribution in [0.4, 0.5) is 10.5 Å². The van der Waals surface area contributed by atoms with E-state index in [0.717, 1.165) is 60.0 Å².